The van der Waals surface area contributed by atoms with Crippen LogP contribution in [0.1, 0.15) is 15.2 Å². The van der Waals surface area contributed by atoms with Crippen molar-refractivity contribution in [2.75, 3.05) is 5.32 Å². The van der Waals surface area contributed by atoms with Crippen LogP contribution in [-0.2, 0) is 6.54 Å². The molecule has 5 nitrogen and oxygen atoms in total. The van der Waals surface area contributed by atoms with E-state index in [1.165, 1.54) is 11.3 Å². The number of hydrogen-bond acceptors (Lipinski definition) is 6. The van der Waals surface area contributed by atoms with Crippen molar-refractivity contribution in [1.82, 2.24) is 10.3 Å². The lowest BCUT2D eigenvalue weighted by Gasteiger charge is -2.04. The lowest BCUT2D eigenvalue weighted by atomic mass is 10.2. The predicted octanol–water partition coefficient (Wildman–Crippen LogP) is 3.81. The molecular weight excluding hydrogens is 342 g/mol. The maximum absolute atomic E-state index is 12.3. The number of nitrogens with zero attached hydrogens (tertiary/aromatic N) is 1. The lowest BCUT2D eigenvalue weighted by Crippen LogP contribution is -2.22. The van der Waals surface area contributed by atoms with E-state index < -0.39 is 0 Å². The van der Waals surface area contributed by atoms with E-state index in [1.807, 2.05) is 30.3 Å². The summed E-state index contributed by atoms with van der Waals surface area (Å²) in [6.07, 6.45) is 0. The van der Waals surface area contributed by atoms with E-state index in [9.17, 15) is 9.90 Å². The van der Waals surface area contributed by atoms with E-state index in [-0.39, 0.29) is 11.7 Å². The molecular formula is C17H15N3O2S2. The number of hydrogen-bond donors (Lipinski definition) is 4. The average Bonchev–Trinajstić information content (AvgIpc) is 2.96. The van der Waals surface area contributed by atoms with Crippen molar-refractivity contribution in [3.8, 4) is 5.75 Å². The first-order valence-electron chi connectivity index (χ1n) is 7.20. The summed E-state index contributed by atoms with van der Waals surface area (Å²) in [4.78, 5) is 17.0. The Kier molecular flexibility index (Phi) is 5.02. The molecule has 3 N–H and O–H groups in total. The minimum atomic E-state index is -0.230. The molecule has 1 aromatic heterocycles. The van der Waals surface area contributed by atoms with Crippen LogP contribution in [0.3, 0.4) is 0 Å². The number of thiol groups is 1. The van der Waals surface area contributed by atoms with Crippen LogP contribution in [-0.4, -0.2) is 16.0 Å². The molecule has 0 radical (unpaired) electrons. The van der Waals surface area contributed by atoms with Crippen LogP contribution in [0.2, 0.25) is 0 Å². The minimum absolute atomic E-state index is 0.114. The number of benzene rings is 2. The molecule has 7 heteroatoms. The number of amides is 1. The van der Waals surface area contributed by atoms with Crippen molar-refractivity contribution in [3.63, 3.8) is 0 Å². The van der Waals surface area contributed by atoms with Gasteiger partial charge in [0.15, 0.2) is 5.13 Å². The summed E-state index contributed by atoms with van der Waals surface area (Å²) in [6.45, 7) is 0.438. The Morgan fingerprint density at radius 3 is 2.58 bits per heavy atom. The molecule has 0 bridgehead atoms. The molecule has 0 spiro atoms. The number of phenols is 1. The molecule has 0 aliphatic heterocycles. The molecule has 3 rings (SSSR count). The van der Waals surface area contributed by atoms with Gasteiger partial charge in [0.1, 0.15) is 15.7 Å². The fourth-order valence-electron chi connectivity index (χ4n) is 2.07. The zero-order valence-electron chi connectivity index (χ0n) is 12.6. The number of thiazole rings is 1. The Morgan fingerprint density at radius 1 is 1.12 bits per heavy atom. The largest absolute Gasteiger partial charge is 0.506 e. The second-order valence-corrected chi connectivity index (χ2v) is 6.40. The Hall–Kier alpha value is -2.51. The number of carbonyl (C=O) groups excluding carboxylic acids is 1. The fourth-order valence-corrected chi connectivity index (χ4v) is 3.27. The van der Waals surface area contributed by atoms with E-state index in [1.54, 1.807) is 24.3 Å². The second kappa shape index (κ2) is 7.37. The van der Waals surface area contributed by atoms with Gasteiger partial charge in [-0.25, -0.2) is 4.98 Å². The van der Waals surface area contributed by atoms with Gasteiger partial charge in [0.05, 0.1) is 5.69 Å². The minimum Gasteiger partial charge on any atom is -0.506 e. The summed E-state index contributed by atoms with van der Waals surface area (Å²) < 4.78 is 0. The van der Waals surface area contributed by atoms with Gasteiger partial charge in [-0.15, -0.1) is 12.6 Å². The van der Waals surface area contributed by atoms with E-state index in [0.717, 1.165) is 5.56 Å². The Bertz CT molecular complexity index is 850. The number of nitrogens with one attached hydrogen (secondary N) is 2. The third-order valence-corrected chi connectivity index (χ3v) is 4.70. The average molecular weight is 357 g/mol. The summed E-state index contributed by atoms with van der Waals surface area (Å²) in [5.41, 5.74) is 1.54. The standard InChI is InChI=1S/C17H15N3O2S2/c21-13-9-5-4-8-12(13)19-17-20-16(23)14(24-17)15(22)18-10-11-6-2-1-3-7-11/h1-9,21,23H,10H2,(H,18,22)(H,19,20). The Labute approximate surface area is 148 Å². The van der Waals surface area contributed by atoms with Crippen LogP contribution >= 0.6 is 24.0 Å². The smallest absolute Gasteiger partial charge is 0.264 e. The van der Waals surface area contributed by atoms with Gasteiger partial charge in [0.25, 0.3) is 5.91 Å². The molecule has 3 aromatic rings. The topological polar surface area (TPSA) is 74.2 Å². The molecule has 24 heavy (non-hydrogen) atoms. The van der Waals surface area contributed by atoms with Gasteiger partial charge >= 0.3 is 0 Å². The zero-order valence-corrected chi connectivity index (χ0v) is 14.3. The molecule has 1 amide bonds. The van der Waals surface area contributed by atoms with Crippen molar-refractivity contribution in [3.05, 3.63) is 65.0 Å². The number of rotatable bonds is 5. The Morgan fingerprint density at radius 2 is 1.83 bits per heavy atom. The maximum Gasteiger partial charge on any atom is 0.264 e. The van der Waals surface area contributed by atoms with Crippen molar-refractivity contribution < 1.29 is 9.90 Å². The first-order valence-corrected chi connectivity index (χ1v) is 8.47. The summed E-state index contributed by atoms with van der Waals surface area (Å²) in [7, 11) is 0. The molecule has 0 fully saturated rings. The van der Waals surface area contributed by atoms with E-state index in [0.29, 0.717) is 27.3 Å². The maximum atomic E-state index is 12.3. The summed E-state index contributed by atoms with van der Waals surface area (Å²) in [5, 5.41) is 16.5. The van der Waals surface area contributed by atoms with Crippen LogP contribution < -0.4 is 10.6 Å². The molecule has 0 unspecified atom stereocenters. The van der Waals surface area contributed by atoms with Crippen molar-refractivity contribution in [2.24, 2.45) is 0 Å². The molecule has 0 aliphatic rings. The quantitative estimate of drug-likeness (QED) is 0.414. The van der Waals surface area contributed by atoms with Gasteiger partial charge < -0.3 is 15.7 Å². The molecule has 122 valence electrons. The highest BCUT2D eigenvalue weighted by Crippen LogP contribution is 2.31. The number of carbonyl (C=O) groups is 1. The molecule has 0 aliphatic carbocycles. The highest BCUT2D eigenvalue weighted by molar-refractivity contribution is 7.80. The highest BCUT2D eigenvalue weighted by Gasteiger charge is 2.16. The van der Waals surface area contributed by atoms with E-state index >= 15 is 0 Å². The number of anilines is 2. The van der Waals surface area contributed by atoms with Gasteiger partial charge in [-0.2, -0.15) is 0 Å². The normalized spacial score (nSPS) is 10.4. The van der Waals surface area contributed by atoms with E-state index in [4.69, 9.17) is 0 Å². The third kappa shape index (κ3) is 3.87. The first-order chi connectivity index (χ1) is 11.6. The van der Waals surface area contributed by atoms with Crippen molar-refractivity contribution in [2.45, 2.75) is 11.6 Å². The highest BCUT2D eigenvalue weighted by atomic mass is 32.1. The van der Waals surface area contributed by atoms with Crippen LogP contribution in [0.25, 0.3) is 0 Å². The fraction of sp³-hybridized carbons (Fsp3) is 0.0588. The molecule has 0 atom stereocenters. The van der Waals surface area contributed by atoms with Gasteiger partial charge in [-0.05, 0) is 17.7 Å². The SMILES string of the molecule is O=C(NCc1ccccc1)c1sc(Nc2ccccc2O)nc1S. The summed E-state index contributed by atoms with van der Waals surface area (Å²) in [6, 6.07) is 16.5. The second-order valence-electron chi connectivity index (χ2n) is 4.98. The molecule has 0 saturated heterocycles. The van der Waals surface area contributed by atoms with E-state index in [2.05, 4.69) is 28.2 Å². The molecule has 1 heterocycles. The summed E-state index contributed by atoms with van der Waals surface area (Å²) in [5.74, 6) is -0.116. The van der Waals surface area contributed by atoms with Gasteiger partial charge in [-0.3, -0.25) is 4.79 Å². The van der Waals surface area contributed by atoms with Gasteiger partial charge in [0.2, 0.25) is 0 Å². The van der Waals surface area contributed by atoms with Crippen LogP contribution in [0.15, 0.2) is 59.6 Å². The first kappa shape index (κ1) is 16.4. The monoisotopic (exact) mass is 357 g/mol. The van der Waals surface area contributed by atoms with Gasteiger partial charge in [-0.1, -0.05) is 53.8 Å². The Balaban J connectivity index is 1.69. The zero-order chi connectivity index (χ0) is 16.9. The van der Waals surface area contributed by atoms with Crippen LogP contribution in [0.5, 0.6) is 5.75 Å². The number of aromatic hydroxyl groups is 1. The molecule has 0 saturated carbocycles. The predicted molar refractivity (Wildman–Crippen MR) is 98.4 cm³/mol. The number of phenolic OH excluding ortho intramolecular Hbond substituents is 1. The van der Waals surface area contributed by atoms with Crippen LogP contribution in [0.4, 0.5) is 10.8 Å². The summed E-state index contributed by atoms with van der Waals surface area (Å²) >= 11 is 5.45. The lowest BCUT2D eigenvalue weighted by molar-refractivity contribution is 0.0952. The van der Waals surface area contributed by atoms with Crippen molar-refractivity contribution in [1.29, 1.82) is 0 Å². The number of para-hydroxylation sites is 2. The van der Waals surface area contributed by atoms with Crippen molar-refractivity contribution >= 4 is 40.7 Å². The van der Waals surface area contributed by atoms with Crippen LogP contribution in [0, 0.1) is 0 Å². The third-order valence-electron chi connectivity index (χ3n) is 3.26. The molecule has 2 aromatic carbocycles. The van der Waals surface area contributed by atoms with Gasteiger partial charge in [0, 0.05) is 6.54 Å². The number of aromatic nitrogens is 1.